The van der Waals surface area contributed by atoms with Crippen LogP contribution in [0.4, 0.5) is 0 Å². The lowest BCUT2D eigenvalue weighted by molar-refractivity contribution is 0.447. The zero-order valence-electron chi connectivity index (χ0n) is 15.3. The minimum atomic E-state index is 0.235. The van der Waals surface area contributed by atoms with Crippen molar-refractivity contribution in [2.24, 2.45) is 5.92 Å². The number of benzene rings is 2. The average Bonchev–Trinajstić information content (AvgIpc) is 2.65. The van der Waals surface area contributed by atoms with Crippen molar-refractivity contribution < 1.29 is 9.47 Å². The minimum Gasteiger partial charge on any atom is -0.388 e. The number of nitrogens with zero attached hydrogens (tertiary/aromatic N) is 2. The molecule has 134 valence electrons. The molecule has 0 aliphatic rings. The largest absolute Gasteiger partial charge is 0.388 e. The average molecular weight is 348 g/mol. The van der Waals surface area contributed by atoms with Crippen molar-refractivity contribution >= 4 is 0 Å². The number of nitriles is 2. The normalized spacial score (nSPS) is 11.4. The molecule has 1 unspecified atom stereocenters. The molecule has 4 nitrogen and oxygen atoms in total. The van der Waals surface area contributed by atoms with Gasteiger partial charge in [-0.1, -0.05) is 57.4 Å². The van der Waals surface area contributed by atoms with Gasteiger partial charge in [0.2, 0.25) is 0 Å². The van der Waals surface area contributed by atoms with Crippen LogP contribution in [-0.4, -0.2) is 0 Å². The summed E-state index contributed by atoms with van der Waals surface area (Å²) in [5, 5.41) is 17.3. The highest BCUT2D eigenvalue weighted by atomic mass is 16.5. The topological polar surface area (TPSA) is 66.0 Å². The first-order valence-corrected chi connectivity index (χ1v) is 9.01. The van der Waals surface area contributed by atoms with Crippen LogP contribution in [0.1, 0.15) is 56.6 Å². The van der Waals surface area contributed by atoms with Gasteiger partial charge in [-0.2, -0.15) is 0 Å². The quantitative estimate of drug-likeness (QED) is 0.427. The van der Waals surface area contributed by atoms with Gasteiger partial charge in [-0.25, -0.2) is 0 Å². The molecule has 0 N–H and O–H groups in total. The standard InChI is InChI=1S/C22H24N2O2/c1-3-4-5-6-17(2)22(18-7-11-20(12-8-18)25-15-23)19-9-13-21(14-10-19)26-16-24/h7-14,17,22H,3-6H2,1-2H3. The van der Waals surface area contributed by atoms with Gasteiger partial charge in [-0.3, -0.25) is 0 Å². The lowest BCUT2D eigenvalue weighted by Crippen LogP contribution is -2.12. The van der Waals surface area contributed by atoms with Crippen molar-refractivity contribution in [3.63, 3.8) is 0 Å². The molecular formula is C22H24N2O2. The van der Waals surface area contributed by atoms with E-state index < -0.39 is 0 Å². The van der Waals surface area contributed by atoms with E-state index in [2.05, 4.69) is 13.8 Å². The predicted octanol–water partition coefficient (Wildman–Crippen LogP) is 5.75. The van der Waals surface area contributed by atoms with Gasteiger partial charge in [0, 0.05) is 5.92 Å². The van der Waals surface area contributed by atoms with Gasteiger partial charge in [0.1, 0.15) is 11.5 Å². The van der Waals surface area contributed by atoms with Crippen molar-refractivity contribution in [2.75, 3.05) is 0 Å². The molecule has 0 amide bonds. The maximum Gasteiger partial charge on any atom is 0.292 e. The van der Waals surface area contributed by atoms with Crippen molar-refractivity contribution in [1.82, 2.24) is 0 Å². The van der Waals surface area contributed by atoms with Crippen LogP contribution in [0.15, 0.2) is 48.5 Å². The molecule has 0 aliphatic heterocycles. The molecule has 1 atom stereocenters. The molecule has 26 heavy (non-hydrogen) atoms. The van der Waals surface area contributed by atoms with Crippen LogP contribution >= 0.6 is 0 Å². The minimum absolute atomic E-state index is 0.235. The van der Waals surface area contributed by atoms with Crippen LogP contribution in [0.25, 0.3) is 0 Å². The highest BCUT2D eigenvalue weighted by Crippen LogP contribution is 2.36. The van der Waals surface area contributed by atoms with Gasteiger partial charge >= 0.3 is 0 Å². The Balaban J connectivity index is 2.28. The Morgan fingerprint density at radius 2 is 1.27 bits per heavy atom. The fourth-order valence-electron chi connectivity index (χ4n) is 3.32. The molecule has 2 aromatic carbocycles. The summed E-state index contributed by atoms with van der Waals surface area (Å²) in [6, 6.07) is 15.4. The molecular weight excluding hydrogens is 324 g/mol. The van der Waals surface area contributed by atoms with E-state index in [1.54, 1.807) is 12.5 Å². The first-order chi connectivity index (χ1) is 12.7. The third kappa shape index (κ3) is 5.26. The first-order valence-electron chi connectivity index (χ1n) is 9.01. The third-order valence-electron chi connectivity index (χ3n) is 4.64. The van der Waals surface area contributed by atoms with Crippen LogP contribution in [0.5, 0.6) is 11.5 Å². The summed E-state index contributed by atoms with van der Waals surface area (Å²) in [7, 11) is 0. The molecule has 0 fully saturated rings. The van der Waals surface area contributed by atoms with Gasteiger partial charge in [0.25, 0.3) is 12.5 Å². The van der Waals surface area contributed by atoms with E-state index >= 15 is 0 Å². The summed E-state index contributed by atoms with van der Waals surface area (Å²) in [6.45, 7) is 4.49. The molecule has 0 radical (unpaired) electrons. The van der Waals surface area contributed by atoms with Gasteiger partial charge < -0.3 is 9.47 Å². The summed E-state index contributed by atoms with van der Waals surface area (Å²) in [5.41, 5.74) is 2.38. The number of unbranched alkanes of at least 4 members (excludes halogenated alkanes) is 2. The zero-order valence-corrected chi connectivity index (χ0v) is 15.3. The summed E-state index contributed by atoms with van der Waals surface area (Å²) in [6.07, 6.45) is 8.19. The van der Waals surface area contributed by atoms with Crippen LogP contribution in [0, 0.1) is 29.0 Å². The van der Waals surface area contributed by atoms with Crippen LogP contribution in [-0.2, 0) is 0 Å². The second-order valence-electron chi connectivity index (χ2n) is 6.48. The maximum atomic E-state index is 8.65. The molecule has 0 saturated carbocycles. The summed E-state index contributed by atoms with van der Waals surface area (Å²) in [5.74, 6) is 1.80. The molecule has 0 aromatic heterocycles. The van der Waals surface area contributed by atoms with E-state index in [1.165, 1.54) is 30.4 Å². The Kier molecular flexibility index (Phi) is 7.52. The third-order valence-corrected chi connectivity index (χ3v) is 4.64. The zero-order chi connectivity index (χ0) is 18.8. The van der Waals surface area contributed by atoms with E-state index in [0.29, 0.717) is 17.4 Å². The number of hydrogen-bond acceptors (Lipinski definition) is 4. The van der Waals surface area contributed by atoms with E-state index in [-0.39, 0.29) is 5.92 Å². The SMILES string of the molecule is CCCCCC(C)C(c1ccc(OC#N)cc1)c1ccc(OC#N)cc1. The van der Waals surface area contributed by atoms with E-state index in [4.69, 9.17) is 20.0 Å². The second kappa shape index (κ2) is 10.1. The number of hydrogen-bond donors (Lipinski definition) is 0. The van der Waals surface area contributed by atoms with E-state index in [1.807, 2.05) is 48.5 Å². The molecule has 0 spiro atoms. The molecule has 0 saturated heterocycles. The second-order valence-corrected chi connectivity index (χ2v) is 6.48. The highest BCUT2D eigenvalue weighted by molar-refractivity contribution is 5.39. The lowest BCUT2D eigenvalue weighted by Gasteiger charge is -2.25. The number of ether oxygens (including phenoxy) is 2. The fraction of sp³-hybridized carbons (Fsp3) is 0.364. The molecule has 2 rings (SSSR count). The molecule has 4 heteroatoms. The molecule has 0 bridgehead atoms. The molecule has 0 aliphatic carbocycles. The fourth-order valence-corrected chi connectivity index (χ4v) is 3.32. The van der Waals surface area contributed by atoms with Gasteiger partial charge in [-0.15, -0.1) is 10.5 Å². The molecule has 2 aromatic rings. The van der Waals surface area contributed by atoms with Crippen molar-refractivity contribution in [3.05, 3.63) is 59.7 Å². The van der Waals surface area contributed by atoms with Crippen molar-refractivity contribution in [3.8, 4) is 24.0 Å². The predicted molar refractivity (Wildman–Crippen MR) is 101 cm³/mol. The smallest absolute Gasteiger partial charge is 0.292 e. The first kappa shape index (κ1) is 19.3. The summed E-state index contributed by atoms with van der Waals surface area (Å²) < 4.78 is 9.77. The lowest BCUT2D eigenvalue weighted by atomic mass is 9.79. The van der Waals surface area contributed by atoms with E-state index in [9.17, 15) is 0 Å². The number of rotatable bonds is 9. The van der Waals surface area contributed by atoms with Crippen molar-refractivity contribution in [2.45, 2.75) is 45.4 Å². The Bertz CT molecular complexity index is 695. The van der Waals surface area contributed by atoms with Gasteiger partial charge in [-0.05, 0) is 47.7 Å². The Morgan fingerprint density at radius 3 is 1.65 bits per heavy atom. The van der Waals surface area contributed by atoms with E-state index in [0.717, 1.165) is 6.42 Å². The van der Waals surface area contributed by atoms with Gasteiger partial charge in [0.05, 0.1) is 0 Å². The Morgan fingerprint density at radius 1 is 0.808 bits per heavy atom. The maximum absolute atomic E-state index is 8.65. The van der Waals surface area contributed by atoms with Crippen molar-refractivity contribution in [1.29, 1.82) is 10.5 Å². The highest BCUT2D eigenvalue weighted by Gasteiger charge is 2.21. The van der Waals surface area contributed by atoms with Gasteiger partial charge in [0.15, 0.2) is 0 Å². The van der Waals surface area contributed by atoms with Crippen LogP contribution in [0.3, 0.4) is 0 Å². The summed E-state index contributed by atoms with van der Waals surface area (Å²) >= 11 is 0. The van der Waals surface area contributed by atoms with Crippen LogP contribution < -0.4 is 9.47 Å². The molecule has 0 heterocycles. The monoisotopic (exact) mass is 348 g/mol. The Hall–Kier alpha value is -2.98. The Labute approximate surface area is 155 Å². The summed E-state index contributed by atoms with van der Waals surface area (Å²) in [4.78, 5) is 0. The van der Waals surface area contributed by atoms with Crippen LogP contribution in [0.2, 0.25) is 0 Å².